The van der Waals surface area contributed by atoms with E-state index in [1.165, 1.54) is 19.2 Å². The van der Waals surface area contributed by atoms with Crippen LogP contribution in [0.1, 0.15) is 21.6 Å². The maximum absolute atomic E-state index is 12.0. The van der Waals surface area contributed by atoms with Crippen molar-refractivity contribution < 1.29 is 17.9 Å². The third kappa shape index (κ3) is 3.78. The summed E-state index contributed by atoms with van der Waals surface area (Å²) in [5.74, 6) is -0.539. The number of methoxy groups -OCH3 is 1. The standard InChI is InChI=1S/C12H14N4O4S/c1-8-11(14-16-13-8)15-21(18,19)7-9-3-5-10(6-4-9)12(17)20-2/h3-6H,7H2,1-2H3,(H2,13,14,15,16). The molecule has 0 radical (unpaired) electrons. The molecule has 0 amide bonds. The minimum Gasteiger partial charge on any atom is -0.465 e. The summed E-state index contributed by atoms with van der Waals surface area (Å²) in [6.07, 6.45) is 0. The predicted molar refractivity (Wildman–Crippen MR) is 75.1 cm³/mol. The maximum Gasteiger partial charge on any atom is 0.337 e. The minimum atomic E-state index is -3.61. The first-order valence-electron chi connectivity index (χ1n) is 5.96. The number of carbonyl (C=O) groups is 1. The minimum absolute atomic E-state index is 0.168. The molecule has 0 aliphatic carbocycles. The molecule has 0 saturated heterocycles. The van der Waals surface area contributed by atoms with E-state index in [1.54, 1.807) is 19.1 Å². The Hall–Kier alpha value is -2.42. The van der Waals surface area contributed by atoms with Crippen molar-refractivity contribution >= 4 is 21.8 Å². The Morgan fingerprint density at radius 3 is 2.48 bits per heavy atom. The van der Waals surface area contributed by atoms with E-state index in [-0.39, 0.29) is 11.6 Å². The van der Waals surface area contributed by atoms with Gasteiger partial charge in [-0.1, -0.05) is 12.1 Å². The van der Waals surface area contributed by atoms with Crippen molar-refractivity contribution in [3.8, 4) is 0 Å². The average molecular weight is 310 g/mol. The smallest absolute Gasteiger partial charge is 0.337 e. The predicted octanol–water partition coefficient (Wildman–Crippen LogP) is 0.842. The zero-order chi connectivity index (χ0) is 15.5. The summed E-state index contributed by atoms with van der Waals surface area (Å²) in [7, 11) is -2.32. The van der Waals surface area contributed by atoms with Crippen LogP contribution >= 0.6 is 0 Å². The molecule has 0 aliphatic rings. The van der Waals surface area contributed by atoms with Crippen molar-refractivity contribution in [1.82, 2.24) is 15.4 Å². The molecule has 9 heteroatoms. The van der Waals surface area contributed by atoms with Crippen LogP contribution < -0.4 is 4.72 Å². The summed E-state index contributed by atoms with van der Waals surface area (Å²) in [6.45, 7) is 1.63. The highest BCUT2D eigenvalue weighted by Gasteiger charge is 2.15. The highest BCUT2D eigenvalue weighted by Crippen LogP contribution is 2.13. The number of nitrogens with zero attached hydrogens (tertiary/aromatic N) is 2. The number of H-pyrrole nitrogens is 1. The molecular weight excluding hydrogens is 296 g/mol. The second-order valence-corrected chi connectivity index (χ2v) is 6.03. The summed E-state index contributed by atoms with van der Waals surface area (Å²) in [5, 5.41) is 9.77. The Morgan fingerprint density at radius 2 is 1.95 bits per heavy atom. The van der Waals surface area contributed by atoms with Gasteiger partial charge in [0.1, 0.15) is 5.69 Å². The maximum atomic E-state index is 12.0. The Balaban J connectivity index is 2.10. The van der Waals surface area contributed by atoms with Gasteiger partial charge in [0.15, 0.2) is 5.82 Å². The monoisotopic (exact) mass is 310 g/mol. The second-order valence-electron chi connectivity index (χ2n) is 4.31. The molecule has 2 aromatic rings. The fourth-order valence-corrected chi connectivity index (χ4v) is 2.83. The largest absolute Gasteiger partial charge is 0.465 e. The molecule has 8 nitrogen and oxygen atoms in total. The van der Waals surface area contributed by atoms with Crippen LogP contribution in [0, 0.1) is 6.92 Å². The summed E-state index contributed by atoms with van der Waals surface area (Å²) in [6, 6.07) is 6.14. The average Bonchev–Trinajstić information content (AvgIpc) is 2.83. The number of sulfonamides is 1. The zero-order valence-electron chi connectivity index (χ0n) is 11.5. The molecule has 1 heterocycles. The van der Waals surface area contributed by atoms with Crippen LogP contribution in [0.3, 0.4) is 0 Å². The third-order valence-corrected chi connectivity index (χ3v) is 3.92. The number of anilines is 1. The van der Waals surface area contributed by atoms with Crippen molar-refractivity contribution in [3.05, 3.63) is 41.1 Å². The summed E-state index contributed by atoms with van der Waals surface area (Å²) in [5.41, 5.74) is 1.36. The molecule has 0 saturated carbocycles. The van der Waals surface area contributed by atoms with E-state index < -0.39 is 16.0 Å². The first kappa shape index (κ1) is 15.0. The van der Waals surface area contributed by atoms with Crippen LogP contribution in [0.2, 0.25) is 0 Å². The van der Waals surface area contributed by atoms with E-state index in [4.69, 9.17) is 0 Å². The van der Waals surface area contributed by atoms with Gasteiger partial charge in [-0.15, -0.1) is 5.10 Å². The molecule has 0 atom stereocenters. The van der Waals surface area contributed by atoms with Crippen LogP contribution in [0.4, 0.5) is 5.82 Å². The van der Waals surface area contributed by atoms with Crippen LogP contribution in [0.5, 0.6) is 0 Å². The molecule has 2 N–H and O–H groups in total. The zero-order valence-corrected chi connectivity index (χ0v) is 12.3. The number of ether oxygens (including phenoxy) is 1. The van der Waals surface area contributed by atoms with Crippen molar-refractivity contribution in [2.24, 2.45) is 0 Å². The van der Waals surface area contributed by atoms with Crippen molar-refractivity contribution in [2.45, 2.75) is 12.7 Å². The van der Waals surface area contributed by atoms with E-state index in [9.17, 15) is 13.2 Å². The first-order chi connectivity index (χ1) is 9.91. The van der Waals surface area contributed by atoms with Gasteiger partial charge < -0.3 is 4.74 Å². The van der Waals surface area contributed by atoms with Gasteiger partial charge in [0, 0.05) is 0 Å². The summed E-state index contributed by atoms with van der Waals surface area (Å²) in [4.78, 5) is 11.3. The number of carbonyl (C=O) groups excluding carboxylic acids is 1. The summed E-state index contributed by atoms with van der Waals surface area (Å²) >= 11 is 0. The van der Waals surface area contributed by atoms with Crippen LogP contribution in [0.25, 0.3) is 0 Å². The number of nitrogens with one attached hydrogen (secondary N) is 2. The number of rotatable bonds is 5. The van der Waals surface area contributed by atoms with Crippen molar-refractivity contribution in [1.29, 1.82) is 0 Å². The number of aromatic nitrogens is 3. The molecule has 0 spiro atoms. The SMILES string of the molecule is COC(=O)c1ccc(CS(=O)(=O)Nc2n[nH]nc2C)cc1. The van der Waals surface area contributed by atoms with Gasteiger partial charge in [-0.25, -0.2) is 13.2 Å². The number of aryl methyl sites for hydroxylation is 1. The fourth-order valence-electron chi connectivity index (χ4n) is 1.64. The van der Waals surface area contributed by atoms with Gasteiger partial charge in [-0.05, 0) is 24.6 Å². The van der Waals surface area contributed by atoms with Gasteiger partial charge in [0.25, 0.3) is 0 Å². The Bertz CT molecular complexity index is 737. The van der Waals surface area contributed by atoms with Gasteiger partial charge >= 0.3 is 5.97 Å². The van der Waals surface area contributed by atoms with Gasteiger partial charge in [0.05, 0.1) is 18.4 Å². The molecule has 112 valence electrons. The number of hydrogen-bond acceptors (Lipinski definition) is 6. The van der Waals surface area contributed by atoms with E-state index in [0.29, 0.717) is 16.8 Å². The lowest BCUT2D eigenvalue weighted by Crippen LogP contribution is -2.16. The molecular formula is C12H14N4O4S. The van der Waals surface area contributed by atoms with Gasteiger partial charge in [0.2, 0.25) is 10.0 Å². The molecule has 1 aromatic carbocycles. The number of benzene rings is 1. The molecule has 0 fully saturated rings. The Labute approximate surface area is 121 Å². The number of esters is 1. The number of hydrogen-bond donors (Lipinski definition) is 2. The van der Waals surface area contributed by atoms with Crippen LogP contribution in [-0.2, 0) is 20.5 Å². The summed E-state index contributed by atoms with van der Waals surface area (Å²) < 4.78 is 30.9. The van der Waals surface area contributed by atoms with E-state index in [2.05, 4.69) is 24.9 Å². The third-order valence-electron chi connectivity index (χ3n) is 2.71. The van der Waals surface area contributed by atoms with Crippen LogP contribution in [0.15, 0.2) is 24.3 Å². The molecule has 1 aromatic heterocycles. The van der Waals surface area contributed by atoms with Gasteiger partial charge in [-0.2, -0.15) is 10.3 Å². The Morgan fingerprint density at radius 1 is 1.29 bits per heavy atom. The normalized spacial score (nSPS) is 11.1. The lowest BCUT2D eigenvalue weighted by Gasteiger charge is -2.06. The van der Waals surface area contributed by atoms with Crippen molar-refractivity contribution in [3.63, 3.8) is 0 Å². The molecule has 21 heavy (non-hydrogen) atoms. The highest BCUT2D eigenvalue weighted by atomic mass is 32.2. The van der Waals surface area contributed by atoms with Gasteiger partial charge in [-0.3, -0.25) is 4.72 Å². The second kappa shape index (κ2) is 5.92. The molecule has 0 unspecified atom stereocenters. The fraction of sp³-hybridized carbons (Fsp3) is 0.250. The molecule has 0 bridgehead atoms. The molecule has 2 rings (SSSR count). The van der Waals surface area contributed by atoms with E-state index >= 15 is 0 Å². The Kier molecular flexibility index (Phi) is 4.22. The topological polar surface area (TPSA) is 114 Å². The van der Waals surface area contributed by atoms with E-state index in [0.717, 1.165) is 0 Å². The molecule has 0 aliphatic heterocycles. The lowest BCUT2D eigenvalue weighted by molar-refractivity contribution is 0.0600. The number of aromatic amines is 1. The van der Waals surface area contributed by atoms with Crippen molar-refractivity contribution in [2.75, 3.05) is 11.8 Å². The van der Waals surface area contributed by atoms with Crippen LogP contribution in [-0.4, -0.2) is 36.9 Å². The highest BCUT2D eigenvalue weighted by molar-refractivity contribution is 7.91. The quantitative estimate of drug-likeness (QED) is 0.791. The first-order valence-corrected chi connectivity index (χ1v) is 7.61. The lowest BCUT2D eigenvalue weighted by atomic mass is 10.1. The van der Waals surface area contributed by atoms with E-state index in [1.807, 2.05) is 0 Å².